The summed E-state index contributed by atoms with van der Waals surface area (Å²) < 4.78 is 0. The van der Waals surface area contributed by atoms with Crippen LogP contribution in [0.1, 0.15) is 23.5 Å². The number of amides is 4. The molecule has 0 bridgehead atoms. The predicted octanol–water partition coefficient (Wildman–Crippen LogP) is 0.202. The second-order valence-corrected chi connectivity index (χ2v) is 5.10. The van der Waals surface area contributed by atoms with Crippen LogP contribution in [0, 0.1) is 5.92 Å². The Morgan fingerprint density at radius 2 is 1.95 bits per heavy atom. The van der Waals surface area contributed by atoms with Gasteiger partial charge in [-0.1, -0.05) is 19.9 Å². The highest BCUT2D eigenvalue weighted by Crippen LogP contribution is 2.07. The fourth-order valence-electron chi connectivity index (χ4n) is 1.35. The summed E-state index contributed by atoms with van der Waals surface area (Å²) in [5.74, 6) is -1.10. The van der Waals surface area contributed by atoms with Crippen molar-refractivity contribution < 1.29 is 14.4 Å². The minimum Gasteiger partial charge on any atom is -0.352 e. The molecular weight excluding hydrogens is 268 g/mol. The van der Waals surface area contributed by atoms with Crippen molar-refractivity contribution in [2.24, 2.45) is 11.7 Å². The van der Waals surface area contributed by atoms with Gasteiger partial charge in [-0.3, -0.25) is 20.4 Å². The topological polar surface area (TPSA) is 113 Å². The number of carbonyl (C=O) groups excluding carboxylic acids is 3. The Labute approximate surface area is 114 Å². The maximum absolute atomic E-state index is 11.8. The van der Waals surface area contributed by atoms with Crippen molar-refractivity contribution in [2.45, 2.75) is 19.9 Å². The van der Waals surface area contributed by atoms with Gasteiger partial charge < -0.3 is 11.1 Å². The zero-order valence-corrected chi connectivity index (χ0v) is 11.4. The number of nitrogens with two attached hydrogens (primary N) is 1. The lowest BCUT2D eigenvalue weighted by atomic mass is 10.0. The second kappa shape index (κ2) is 6.74. The van der Waals surface area contributed by atoms with Crippen molar-refractivity contribution >= 4 is 29.2 Å². The molecule has 104 valence electrons. The van der Waals surface area contributed by atoms with Crippen molar-refractivity contribution in [1.82, 2.24) is 16.2 Å². The Hall–Kier alpha value is -2.09. The van der Waals surface area contributed by atoms with Crippen molar-refractivity contribution in [1.29, 1.82) is 0 Å². The average Bonchev–Trinajstić information content (AvgIpc) is 2.85. The first-order valence-corrected chi connectivity index (χ1v) is 6.49. The summed E-state index contributed by atoms with van der Waals surface area (Å²) in [6.07, 6.45) is 0. The lowest BCUT2D eigenvalue weighted by Gasteiger charge is -2.20. The molecule has 1 aromatic heterocycles. The van der Waals surface area contributed by atoms with Crippen molar-refractivity contribution in [3.8, 4) is 0 Å². The summed E-state index contributed by atoms with van der Waals surface area (Å²) in [6.45, 7) is 3.50. The SMILES string of the molecule is CC(C)[C@H](NC(N)=O)C(=O)NNC(=O)c1cccs1. The third kappa shape index (κ3) is 4.59. The molecule has 1 rings (SSSR count). The molecule has 7 nitrogen and oxygen atoms in total. The van der Waals surface area contributed by atoms with Crippen molar-refractivity contribution in [2.75, 3.05) is 0 Å². The number of carbonyl (C=O) groups is 3. The molecule has 5 N–H and O–H groups in total. The van der Waals surface area contributed by atoms with E-state index in [0.717, 1.165) is 0 Å². The molecule has 0 aromatic carbocycles. The molecule has 0 saturated carbocycles. The van der Waals surface area contributed by atoms with Gasteiger partial charge in [-0.15, -0.1) is 11.3 Å². The fourth-order valence-corrected chi connectivity index (χ4v) is 1.97. The van der Waals surface area contributed by atoms with Crippen LogP contribution in [0.2, 0.25) is 0 Å². The molecule has 0 spiro atoms. The van der Waals surface area contributed by atoms with Crippen LogP contribution in [0.5, 0.6) is 0 Å². The van der Waals surface area contributed by atoms with Gasteiger partial charge in [0.15, 0.2) is 0 Å². The van der Waals surface area contributed by atoms with Gasteiger partial charge in [-0.25, -0.2) is 4.79 Å². The van der Waals surface area contributed by atoms with E-state index in [0.29, 0.717) is 4.88 Å². The highest BCUT2D eigenvalue weighted by atomic mass is 32.1. The largest absolute Gasteiger partial charge is 0.352 e. The standard InChI is InChI=1S/C11H16N4O3S/c1-6(2)8(13-11(12)18)10(17)15-14-9(16)7-4-3-5-19-7/h3-6,8H,1-2H3,(H,14,16)(H,15,17)(H3,12,13,18)/t8-/m0/s1. The van der Waals surface area contributed by atoms with E-state index in [1.165, 1.54) is 11.3 Å². The van der Waals surface area contributed by atoms with E-state index >= 15 is 0 Å². The third-order valence-electron chi connectivity index (χ3n) is 2.29. The lowest BCUT2D eigenvalue weighted by molar-refractivity contribution is -0.124. The van der Waals surface area contributed by atoms with Crippen molar-refractivity contribution in [3.05, 3.63) is 22.4 Å². The summed E-state index contributed by atoms with van der Waals surface area (Å²) in [7, 11) is 0. The molecule has 0 fully saturated rings. The quantitative estimate of drug-likeness (QED) is 0.592. The Balaban J connectivity index is 2.53. The molecule has 0 saturated heterocycles. The molecular formula is C11H16N4O3S. The fraction of sp³-hybridized carbons (Fsp3) is 0.364. The van der Waals surface area contributed by atoms with Gasteiger partial charge in [0, 0.05) is 0 Å². The first-order valence-electron chi connectivity index (χ1n) is 5.61. The number of rotatable bonds is 4. The number of hydrazine groups is 1. The minimum atomic E-state index is -0.805. The molecule has 0 aliphatic carbocycles. The Bertz CT molecular complexity index is 459. The molecule has 1 heterocycles. The van der Waals surface area contributed by atoms with E-state index in [-0.39, 0.29) is 5.92 Å². The number of thiophene rings is 1. The summed E-state index contributed by atoms with van der Waals surface area (Å²) in [4.78, 5) is 34.7. The van der Waals surface area contributed by atoms with Crippen LogP contribution in [-0.4, -0.2) is 23.9 Å². The van der Waals surface area contributed by atoms with Crippen LogP contribution in [0.25, 0.3) is 0 Å². The Morgan fingerprint density at radius 3 is 2.42 bits per heavy atom. The van der Waals surface area contributed by atoms with E-state index in [1.54, 1.807) is 31.4 Å². The Morgan fingerprint density at radius 1 is 1.26 bits per heavy atom. The Kier molecular flexibility index (Phi) is 5.31. The van der Waals surface area contributed by atoms with Gasteiger partial charge in [0.05, 0.1) is 4.88 Å². The summed E-state index contributed by atoms with van der Waals surface area (Å²) >= 11 is 1.25. The highest BCUT2D eigenvalue weighted by molar-refractivity contribution is 7.12. The van der Waals surface area contributed by atoms with Gasteiger partial charge in [0.1, 0.15) is 6.04 Å². The molecule has 1 atom stereocenters. The van der Waals surface area contributed by atoms with E-state index in [1.807, 2.05) is 0 Å². The average molecular weight is 284 g/mol. The van der Waals surface area contributed by atoms with E-state index in [4.69, 9.17) is 5.73 Å². The monoisotopic (exact) mass is 284 g/mol. The number of urea groups is 1. The molecule has 0 aliphatic heterocycles. The molecule has 0 radical (unpaired) electrons. The third-order valence-corrected chi connectivity index (χ3v) is 3.16. The number of primary amides is 1. The second-order valence-electron chi connectivity index (χ2n) is 4.15. The van der Waals surface area contributed by atoms with Gasteiger partial charge >= 0.3 is 6.03 Å². The molecule has 1 aromatic rings. The molecule has 0 unspecified atom stereocenters. The van der Waals surface area contributed by atoms with Gasteiger partial charge in [0.25, 0.3) is 11.8 Å². The van der Waals surface area contributed by atoms with Gasteiger partial charge in [-0.05, 0) is 17.4 Å². The smallest absolute Gasteiger partial charge is 0.312 e. The van der Waals surface area contributed by atoms with E-state index in [9.17, 15) is 14.4 Å². The molecule has 19 heavy (non-hydrogen) atoms. The maximum atomic E-state index is 11.8. The number of hydrogen-bond acceptors (Lipinski definition) is 4. The molecule has 8 heteroatoms. The van der Waals surface area contributed by atoms with Gasteiger partial charge in [0.2, 0.25) is 0 Å². The zero-order chi connectivity index (χ0) is 14.4. The van der Waals surface area contributed by atoms with Crippen LogP contribution in [0.3, 0.4) is 0 Å². The summed E-state index contributed by atoms with van der Waals surface area (Å²) in [5, 5.41) is 4.07. The van der Waals surface area contributed by atoms with Crippen LogP contribution in [0.4, 0.5) is 4.79 Å². The van der Waals surface area contributed by atoms with Crippen molar-refractivity contribution in [3.63, 3.8) is 0 Å². The minimum absolute atomic E-state index is 0.161. The maximum Gasteiger partial charge on any atom is 0.312 e. The van der Waals surface area contributed by atoms with Crippen LogP contribution >= 0.6 is 11.3 Å². The number of nitrogens with one attached hydrogen (secondary N) is 3. The zero-order valence-electron chi connectivity index (χ0n) is 10.6. The normalized spacial score (nSPS) is 11.7. The highest BCUT2D eigenvalue weighted by Gasteiger charge is 2.23. The van der Waals surface area contributed by atoms with E-state index in [2.05, 4.69) is 16.2 Å². The first kappa shape index (κ1) is 15.0. The molecule has 0 aliphatic rings. The number of hydrogen-bond donors (Lipinski definition) is 4. The van der Waals surface area contributed by atoms with Crippen LogP contribution in [-0.2, 0) is 4.79 Å². The first-order chi connectivity index (χ1) is 8.91. The lowest BCUT2D eigenvalue weighted by Crippen LogP contribution is -2.55. The van der Waals surface area contributed by atoms with E-state index < -0.39 is 23.9 Å². The summed E-state index contributed by atoms with van der Waals surface area (Å²) in [6, 6.07) is 1.76. The van der Waals surface area contributed by atoms with Crippen LogP contribution in [0.15, 0.2) is 17.5 Å². The molecule has 4 amide bonds. The van der Waals surface area contributed by atoms with Crippen LogP contribution < -0.4 is 21.9 Å². The predicted molar refractivity (Wildman–Crippen MR) is 71.3 cm³/mol. The summed E-state index contributed by atoms with van der Waals surface area (Å²) in [5.41, 5.74) is 9.52. The van der Waals surface area contributed by atoms with Gasteiger partial charge in [-0.2, -0.15) is 0 Å².